The Morgan fingerprint density at radius 3 is 2.79 bits per heavy atom. The van der Waals surface area contributed by atoms with E-state index in [1.807, 2.05) is 24.9 Å². The van der Waals surface area contributed by atoms with Gasteiger partial charge in [0.05, 0.1) is 24.1 Å². The second-order valence-electron chi connectivity index (χ2n) is 7.08. The van der Waals surface area contributed by atoms with E-state index in [9.17, 15) is 9.18 Å². The van der Waals surface area contributed by atoms with Gasteiger partial charge in [-0.1, -0.05) is 12.1 Å². The standard InChI is InChI=1S/C20H22FN5OS/c1-12-18(9-13-3-7-15(21)8-4-13)28-20(24-12)25-19(27)22-11-17-16(14-5-6-14)10-23-26(17)2/h3-4,7-8,10,14H,5-6,9,11H2,1-2H3,(H2,22,24,25,27). The maximum atomic E-state index is 13.1. The largest absolute Gasteiger partial charge is 0.332 e. The third-order valence-electron chi connectivity index (χ3n) is 4.92. The Kier molecular flexibility index (Phi) is 5.13. The van der Waals surface area contributed by atoms with Crippen molar-refractivity contribution in [1.82, 2.24) is 20.1 Å². The molecular weight excluding hydrogens is 377 g/mol. The Hall–Kier alpha value is -2.74. The third-order valence-corrected chi connectivity index (χ3v) is 5.99. The smallest absolute Gasteiger partial charge is 0.321 e. The predicted molar refractivity (Wildman–Crippen MR) is 107 cm³/mol. The van der Waals surface area contributed by atoms with Crippen molar-refractivity contribution >= 4 is 22.5 Å². The number of benzene rings is 1. The molecule has 2 amide bonds. The molecule has 146 valence electrons. The number of carbonyl (C=O) groups excluding carboxylic acids is 1. The molecule has 1 aromatic carbocycles. The van der Waals surface area contributed by atoms with Crippen LogP contribution in [0.15, 0.2) is 30.5 Å². The fourth-order valence-corrected chi connectivity index (χ4v) is 4.16. The van der Waals surface area contributed by atoms with Gasteiger partial charge in [0.15, 0.2) is 5.13 Å². The summed E-state index contributed by atoms with van der Waals surface area (Å²) in [5, 5.41) is 10.6. The van der Waals surface area contributed by atoms with E-state index in [4.69, 9.17) is 0 Å². The summed E-state index contributed by atoms with van der Waals surface area (Å²) in [6.07, 6.45) is 4.95. The Balaban J connectivity index is 1.36. The summed E-state index contributed by atoms with van der Waals surface area (Å²) in [6, 6.07) is 6.14. The maximum absolute atomic E-state index is 13.1. The molecule has 1 aliphatic carbocycles. The number of thiazole rings is 1. The van der Waals surface area contributed by atoms with Crippen molar-refractivity contribution in [3.05, 3.63) is 63.7 Å². The molecule has 2 aromatic heterocycles. The zero-order valence-corrected chi connectivity index (χ0v) is 16.6. The summed E-state index contributed by atoms with van der Waals surface area (Å²) in [5.74, 6) is 0.339. The van der Waals surface area contributed by atoms with Crippen LogP contribution < -0.4 is 10.6 Å². The highest BCUT2D eigenvalue weighted by molar-refractivity contribution is 7.15. The van der Waals surface area contributed by atoms with E-state index in [-0.39, 0.29) is 11.8 Å². The number of anilines is 1. The van der Waals surface area contributed by atoms with E-state index >= 15 is 0 Å². The lowest BCUT2D eigenvalue weighted by atomic mass is 10.1. The van der Waals surface area contributed by atoms with Gasteiger partial charge in [0, 0.05) is 18.3 Å². The van der Waals surface area contributed by atoms with Gasteiger partial charge in [0.1, 0.15) is 5.82 Å². The number of amides is 2. The monoisotopic (exact) mass is 399 g/mol. The van der Waals surface area contributed by atoms with E-state index in [1.54, 1.807) is 12.1 Å². The molecule has 2 heterocycles. The van der Waals surface area contributed by atoms with Crippen molar-refractivity contribution in [2.75, 3.05) is 5.32 Å². The Morgan fingerprint density at radius 1 is 1.32 bits per heavy atom. The first-order valence-electron chi connectivity index (χ1n) is 9.26. The van der Waals surface area contributed by atoms with Gasteiger partial charge in [0.25, 0.3) is 0 Å². The van der Waals surface area contributed by atoms with Crippen LogP contribution in [0, 0.1) is 12.7 Å². The van der Waals surface area contributed by atoms with Gasteiger partial charge in [0.2, 0.25) is 0 Å². The lowest BCUT2D eigenvalue weighted by molar-refractivity contribution is 0.251. The van der Waals surface area contributed by atoms with Gasteiger partial charge in [-0.25, -0.2) is 14.2 Å². The summed E-state index contributed by atoms with van der Waals surface area (Å²) in [5.41, 5.74) is 4.15. The van der Waals surface area contributed by atoms with Crippen molar-refractivity contribution in [3.63, 3.8) is 0 Å². The SMILES string of the molecule is Cc1nc(NC(=O)NCc2c(C3CC3)cnn2C)sc1Cc1ccc(F)cc1. The number of rotatable bonds is 6. The highest BCUT2D eigenvalue weighted by Gasteiger charge is 2.28. The molecule has 1 fully saturated rings. The quantitative estimate of drug-likeness (QED) is 0.655. The molecule has 1 saturated carbocycles. The van der Waals surface area contributed by atoms with Crippen molar-refractivity contribution in [1.29, 1.82) is 0 Å². The van der Waals surface area contributed by atoms with E-state index in [2.05, 4.69) is 20.7 Å². The lowest BCUT2D eigenvalue weighted by Crippen LogP contribution is -2.29. The van der Waals surface area contributed by atoms with Crippen molar-refractivity contribution in [2.24, 2.45) is 7.05 Å². The number of hydrogen-bond acceptors (Lipinski definition) is 4. The molecule has 0 aliphatic heterocycles. The van der Waals surface area contributed by atoms with Crippen LogP contribution in [0.4, 0.5) is 14.3 Å². The minimum absolute atomic E-state index is 0.248. The fraction of sp³-hybridized carbons (Fsp3) is 0.350. The van der Waals surface area contributed by atoms with Crippen LogP contribution in [-0.4, -0.2) is 20.8 Å². The Labute approximate surface area is 166 Å². The number of carbonyl (C=O) groups is 1. The summed E-state index contributed by atoms with van der Waals surface area (Å²) in [6.45, 7) is 2.34. The minimum Gasteiger partial charge on any atom is -0.332 e. The summed E-state index contributed by atoms with van der Waals surface area (Å²) in [7, 11) is 1.90. The molecule has 0 saturated heterocycles. The summed E-state index contributed by atoms with van der Waals surface area (Å²) < 4.78 is 14.9. The summed E-state index contributed by atoms with van der Waals surface area (Å²) in [4.78, 5) is 17.8. The van der Waals surface area contributed by atoms with Crippen LogP contribution in [-0.2, 0) is 20.0 Å². The number of aryl methyl sites for hydroxylation is 2. The van der Waals surface area contributed by atoms with E-state index in [1.165, 1.54) is 41.9 Å². The molecule has 1 aliphatic rings. The zero-order valence-electron chi connectivity index (χ0n) is 15.8. The number of hydrogen-bond donors (Lipinski definition) is 2. The first-order valence-corrected chi connectivity index (χ1v) is 10.1. The average molecular weight is 399 g/mol. The van der Waals surface area contributed by atoms with Crippen LogP contribution in [0.5, 0.6) is 0 Å². The third kappa shape index (κ3) is 4.22. The molecule has 0 bridgehead atoms. The van der Waals surface area contributed by atoms with Gasteiger partial charge in [-0.05, 0) is 48.9 Å². The van der Waals surface area contributed by atoms with Gasteiger partial charge < -0.3 is 5.32 Å². The number of urea groups is 1. The molecule has 6 nitrogen and oxygen atoms in total. The van der Waals surface area contributed by atoms with Crippen molar-refractivity contribution < 1.29 is 9.18 Å². The Bertz CT molecular complexity index is 991. The van der Waals surface area contributed by atoms with Crippen LogP contribution in [0.1, 0.15) is 46.2 Å². The molecule has 4 rings (SSSR count). The van der Waals surface area contributed by atoms with E-state index in [0.717, 1.165) is 21.8 Å². The van der Waals surface area contributed by atoms with Crippen LogP contribution in [0.25, 0.3) is 0 Å². The zero-order chi connectivity index (χ0) is 19.7. The maximum Gasteiger partial charge on any atom is 0.321 e. The molecule has 0 atom stereocenters. The minimum atomic E-state index is -0.287. The molecule has 0 spiro atoms. The number of nitrogens with zero attached hydrogens (tertiary/aromatic N) is 3. The van der Waals surface area contributed by atoms with Gasteiger partial charge in [-0.15, -0.1) is 11.3 Å². The molecular formula is C20H22FN5OS. The highest BCUT2D eigenvalue weighted by atomic mass is 32.1. The number of nitrogens with one attached hydrogen (secondary N) is 2. The van der Waals surface area contributed by atoms with Crippen LogP contribution in [0.2, 0.25) is 0 Å². The topological polar surface area (TPSA) is 71.8 Å². The van der Waals surface area contributed by atoms with Crippen molar-refractivity contribution in [2.45, 2.75) is 38.6 Å². The average Bonchev–Trinajstić information content (AvgIpc) is 3.36. The first-order chi connectivity index (χ1) is 13.5. The predicted octanol–water partition coefficient (Wildman–Crippen LogP) is 4.11. The van der Waals surface area contributed by atoms with Crippen LogP contribution in [0.3, 0.4) is 0 Å². The first kappa shape index (κ1) is 18.6. The van der Waals surface area contributed by atoms with Gasteiger partial charge >= 0.3 is 6.03 Å². The summed E-state index contributed by atoms with van der Waals surface area (Å²) >= 11 is 1.44. The van der Waals surface area contributed by atoms with Gasteiger partial charge in [-0.2, -0.15) is 5.10 Å². The molecule has 28 heavy (non-hydrogen) atoms. The number of aromatic nitrogens is 3. The molecule has 0 unspecified atom stereocenters. The van der Waals surface area contributed by atoms with Gasteiger partial charge in [-0.3, -0.25) is 10.00 Å². The molecule has 2 N–H and O–H groups in total. The molecule has 3 aromatic rings. The van der Waals surface area contributed by atoms with E-state index in [0.29, 0.717) is 24.0 Å². The lowest BCUT2D eigenvalue weighted by Gasteiger charge is -2.08. The molecule has 0 radical (unpaired) electrons. The number of halogens is 1. The van der Waals surface area contributed by atoms with Crippen molar-refractivity contribution in [3.8, 4) is 0 Å². The highest BCUT2D eigenvalue weighted by Crippen LogP contribution is 2.41. The molecule has 8 heteroatoms. The fourth-order valence-electron chi connectivity index (χ4n) is 3.17. The Morgan fingerprint density at radius 2 is 2.07 bits per heavy atom. The van der Waals surface area contributed by atoms with E-state index < -0.39 is 0 Å². The normalized spacial score (nSPS) is 13.5. The second kappa shape index (κ2) is 7.71. The van der Waals surface area contributed by atoms with Crippen LogP contribution >= 0.6 is 11.3 Å². The second-order valence-corrected chi connectivity index (χ2v) is 8.17.